The fourth-order valence-electron chi connectivity index (χ4n) is 3.24. The minimum Gasteiger partial charge on any atom is -0.456 e. The number of hydrogen-bond donors (Lipinski definition) is 2. The Morgan fingerprint density at radius 1 is 1.09 bits per heavy atom. The zero-order chi connectivity index (χ0) is 22.2. The molecule has 1 aromatic carbocycles. The van der Waals surface area contributed by atoms with E-state index in [1.807, 2.05) is 0 Å². The van der Waals surface area contributed by atoms with Gasteiger partial charge in [-0.25, -0.2) is 9.50 Å². The molecule has 0 atom stereocenters. The van der Waals surface area contributed by atoms with E-state index in [0.717, 1.165) is 12.8 Å². The van der Waals surface area contributed by atoms with Crippen molar-refractivity contribution < 1.29 is 18.7 Å². The quantitative estimate of drug-likeness (QED) is 0.476. The van der Waals surface area contributed by atoms with Crippen LogP contribution in [0.5, 0.6) is 11.5 Å². The van der Waals surface area contributed by atoms with Crippen LogP contribution in [0.4, 0.5) is 11.6 Å². The average Bonchev–Trinajstić information content (AvgIpc) is 3.44. The first-order chi connectivity index (χ1) is 15.4. The molecule has 1 saturated carbocycles. The van der Waals surface area contributed by atoms with Gasteiger partial charge in [0, 0.05) is 24.6 Å². The minimum absolute atomic E-state index is 0.0489. The molecule has 0 saturated heterocycles. The van der Waals surface area contributed by atoms with E-state index in [4.69, 9.17) is 9.15 Å². The molecule has 0 spiro atoms. The maximum Gasteiger partial charge on any atom is 0.277 e. The van der Waals surface area contributed by atoms with Crippen molar-refractivity contribution in [3.05, 3.63) is 59.9 Å². The summed E-state index contributed by atoms with van der Waals surface area (Å²) in [5.74, 6) is 1.87. The van der Waals surface area contributed by atoms with Crippen LogP contribution >= 0.6 is 0 Å². The molecule has 5 rings (SSSR count). The first-order valence-corrected chi connectivity index (χ1v) is 10.2. The topological polar surface area (TPSA) is 124 Å². The van der Waals surface area contributed by atoms with E-state index in [0.29, 0.717) is 34.5 Å². The number of ether oxygens (including phenoxy) is 1. The van der Waals surface area contributed by atoms with Crippen LogP contribution in [0.25, 0.3) is 5.65 Å². The SMILES string of the molecule is Cc1nc(C(=O)Nc2cccc(Oc3ccc4nc(NC(=O)C5CC5)nn4c3)c2)c(C)o1. The smallest absolute Gasteiger partial charge is 0.277 e. The Kier molecular flexibility index (Phi) is 4.81. The number of nitrogens with one attached hydrogen (secondary N) is 2. The largest absolute Gasteiger partial charge is 0.456 e. The number of carbonyl (C=O) groups is 2. The van der Waals surface area contributed by atoms with Crippen LogP contribution in [0, 0.1) is 19.8 Å². The number of pyridine rings is 1. The fourth-order valence-corrected chi connectivity index (χ4v) is 3.24. The van der Waals surface area contributed by atoms with Gasteiger partial charge in [-0.2, -0.15) is 4.98 Å². The van der Waals surface area contributed by atoms with Crippen molar-refractivity contribution in [3.63, 3.8) is 0 Å². The zero-order valence-electron chi connectivity index (χ0n) is 17.5. The number of nitrogens with zero attached hydrogens (tertiary/aromatic N) is 4. The van der Waals surface area contributed by atoms with Crippen molar-refractivity contribution in [2.24, 2.45) is 5.92 Å². The zero-order valence-corrected chi connectivity index (χ0v) is 17.5. The summed E-state index contributed by atoms with van der Waals surface area (Å²) in [4.78, 5) is 32.8. The van der Waals surface area contributed by atoms with E-state index < -0.39 is 0 Å². The molecule has 32 heavy (non-hydrogen) atoms. The number of fused-ring (bicyclic) bond motifs is 1. The first kappa shape index (κ1) is 19.7. The maximum absolute atomic E-state index is 12.5. The van der Waals surface area contributed by atoms with Crippen LogP contribution in [0.1, 0.15) is 35.0 Å². The lowest BCUT2D eigenvalue weighted by molar-refractivity contribution is -0.117. The highest BCUT2D eigenvalue weighted by Crippen LogP contribution is 2.30. The van der Waals surface area contributed by atoms with Crippen molar-refractivity contribution in [2.75, 3.05) is 10.6 Å². The van der Waals surface area contributed by atoms with Gasteiger partial charge in [0.15, 0.2) is 17.2 Å². The van der Waals surface area contributed by atoms with Gasteiger partial charge in [0.2, 0.25) is 11.9 Å². The molecule has 10 heteroatoms. The van der Waals surface area contributed by atoms with Gasteiger partial charge in [0.05, 0.1) is 6.20 Å². The average molecular weight is 432 g/mol. The van der Waals surface area contributed by atoms with Crippen LogP contribution in [-0.2, 0) is 4.79 Å². The Balaban J connectivity index is 1.29. The predicted molar refractivity (Wildman–Crippen MR) is 115 cm³/mol. The summed E-state index contributed by atoms with van der Waals surface area (Å²) in [6.07, 6.45) is 3.49. The number of amides is 2. The highest BCUT2D eigenvalue weighted by atomic mass is 16.5. The van der Waals surface area contributed by atoms with E-state index in [1.165, 1.54) is 0 Å². The lowest BCUT2D eigenvalue weighted by Gasteiger charge is -2.08. The monoisotopic (exact) mass is 432 g/mol. The van der Waals surface area contributed by atoms with Crippen LogP contribution in [0.2, 0.25) is 0 Å². The summed E-state index contributed by atoms with van der Waals surface area (Å²) in [6, 6.07) is 10.5. The van der Waals surface area contributed by atoms with E-state index in [9.17, 15) is 9.59 Å². The van der Waals surface area contributed by atoms with Crippen molar-refractivity contribution >= 4 is 29.1 Å². The number of benzene rings is 1. The molecule has 0 aliphatic heterocycles. The molecular weight excluding hydrogens is 412 g/mol. The summed E-state index contributed by atoms with van der Waals surface area (Å²) >= 11 is 0. The molecule has 1 aliphatic carbocycles. The molecular formula is C22H20N6O4. The van der Waals surface area contributed by atoms with Crippen LogP contribution in [0.3, 0.4) is 0 Å². The van der Waals surface area contributed by atoms with E-state index in [-0.39, 0.29) is 29.4 Å². The molecule has 2 amide bonds. The van der Waals surface area contributed by atoms with Crippen LogP contribution in [0.15, 0.2) is 47.0 Å². The van der Waals surface area contributed by atoms with Crippen LogP contribution in [-0.4, -0.2) is 31.4 Å². The van der Waals surface area contributed by atoms with Gasteiger partial charge in [0.25, 0.3) is 5.91 Å². The normalized spacial score (nSPS) is 13.2. The molecule has 1 aliphatic rings. The summed E-state index contributed by atoms with van der Waals surface area (Å²) in [5, 5.41) is 9.81. The Bertz CT molecular complexity index is 1340. The Labute approximate surface area is 182 Å². The Hall–Kier alpha value is -4.21. The second kappa shape index (κ2) is 7.80. The summed E-state index contributed by atoms with van der Waals surface area (Å²) < 4.78 is 12.8. The minimum atomic E-state index is -0.360. The fraction of sp³-hybridized carbons (Fsp3) is 0.227. The van der Waals surface area contributed by atoms with Gasteiger partial charge in [0.1, 0.15) is 17.3 Å². The van der Waals surface area contributed by atoms with Crippen molar-refractivity contribution in [2.45, 2.75) is 26.7 Å². The standard InChI is InChI=1S/C22H20N6O4/c1-12-19(23-13(2)31-12)21(30)24-15-4-3-5-16(10-15)32-17-8-9-18-25-22(27-28(18)11-17)26-20(29)14-6-7-14/h3-5,8-11,14H,6-7H2,1-2H3,(H,24,30)(H,26,27,29). The van der Waals surface area contributed by atoms with Crippen molar-refractivity contribution in [3.8, 4) is 11.5 Å². The van der Waals surface area contributed by atoms with Gasteiger partial charge in [-0.1, -0.05) is 6.07 Å². The third kappa shape index (κ3) is 4.15. The third-order valence-electron chi connectivity index (χ3n) is 4.93. The highest BCUT2D eigenvalue weighted by Gasteiger charge is 2.30. The number of aromatic nitrogens is 4. The first-order valence-electron chi connectivity index (χ1n) is 10.2. The maximum atomic E-state index is 12.5. The molecule has 10 nitrogen and oxygen atoms in total. The molecule has 4 aromatic rings. The number of oxazole rings is 1. The Morgan fingerprint density at radius 3 is 2.69 bits per heavy atom. The summed E-state index contributed by atoms with van der Waals surface area (Å²) in [6.45, 7) is 3.38. The van der Waals surface area contributed by atoms with Gasteiger partial charge >= 0.3 is 0 Å². The molecule has 3 aromatic heterocycles. The van der Waals surface area contributed by atoms with Crippen molar-refractivity contribution in [1.29, 1.82) is 0 Å². The summed E-state index contributed by atoms with van der Waals surface area (Å²) in [7, 11) is 0. The molecule has 162 valence electrons. The second-order valence-corrected chi connectivity index (χ2v) is 7.59. The van der Waals surface area contributed by atoms with Gasteiger partial charge in [-0.3, -0.25) is 14.9 Å². The predicted octanol–water partition coefficient (Wildman–Crippen LogP) is 3.73. The number of rotatable bonds is 6. The van der Waals surface area contributed by atoms with E-state index in [1.54, 1.807) is 61.0 Å². The van der Waals surface area contributed by atoms with Crippen LogP contribution < -0.4 is 15.4 Å². The molecule has 3 heterocycles. The number of hydrogen-bond acceptors (Lipinski definition) is 7. The summed E-state index contributed by atoms with van der Waals surface area (Å²) in [5.41, 5.74) is 1.39. The molecule has 0 unspecified atom stereocenters. The lowest BCUT2D eigenvalue weighted by atomic mass is 10.2. The number of anilines is 2. The second-order valence-electron chi connectivity index (χ2n) is 7.59. The third-order valence-corrected chi connectivity index (χ3v) is 4.93. The Morgan fingerprint density at radius 2 is 1.94 bits per heavy atom. The highest BCUT2D eigenvalue weighted by molar-refractivity contribution is 6.03. The van der Waals surface area contributed by atoms with E-state index >= 15 is 0 Å². The van der Waals surface area contributed by atoms with E-state index in [2.05, 4.69) is 25.7 Å². The van der Waals surface area contributed by atoms with Gasteiger partial charge in [-0.05, 0) is 44.0 Å². The molecule has 1 fully saturated rings. The lowest BCUT2D eigenvalue weighted by Crippen LogP contribution is -2.14. The van der Waals surface area contributed by atoms with Gasteiger partial charge < -0.3 is 14.5 Å². The molecule has 2 N–H and O–H groups in total. The molecule has 0 radical (unpaired) electrons. The van der Waals surface area contributed by atoms with Crippen molar-refractivity contribution in [1.82, 2.24) is 19.6 Å². The van der Waals surface area contributed by atoms with Gasteiger partial charge in [-0.15, -0.1) is 5.10 Å². The number of carbonyl (C=O) groups excluding carboxylic acids is 2. The molecule has 0 bridgehead atoms. The number of aryl methyl sites for hydroxylation is 2.